The third-order valence-corrected chi connectivity index (χ3v) is 2.61. The maximum Gasteiger partial charge on any atom is 0.304 e. The van der Waals surface area contributed by atoms with Crippen LogP contribution in [0.2, 0.25) is 0 Å². The smallest absolute Gasteiger partial charge is 0.304 e. The summed E-state index contributed by atoms with van der Waals surface area (Å²) >= 11 is 0. The zero-order chi connectivity index (χ0) is 14.4. The Labute approximate surface area is 112 Å². The number of hydrogen-bond donors (Lipinski definition) is 0. The average molecular weight is 266 g/mol. The molecule has 104 valence electrons. The lowest BCUT2D eigenvalue weighted by Crippen LogP contribution is -2.21. The summed E-state index contributed by atoms with van der Waals surface area (Å²) in [6, 6.07) is 5.22. The van der Waals surface area contributed by atoms with Gasteiger partial charge in [-0.15, -0.1) is 0 Å². The van der Waals surface area contributed by atoms with E-state index in [1.54, 1.807) is 18.2 Å². The van der Waals surface area contributed by atoms with E-state index >= 15 is 0 Å². The molecule has 0 aliphatic heterocycles. The minimum absolute atomic E-state index is 0.0633. The quantitative estimate of drug-likeness (QED) is 0.447. The molecule has 0 N–H and O–H groups in total. The van der Waals surface area contributed by atoms with Crippen molar-refractivity contribution in [1.82, 2.24) is 0 Å². The molecule has 1 atom stereocenters. The highest BCUT2D eigenvalue weighted by molar-refractivity contribution is 5.96. The van der Waals surface area contributed by atoms with Crippen LogP contribution in [-0.2, 0) is 20.7 Å². The number of carbonyl (C=O) groups is 2. The number of Topliss-reactive ketones (excluding diaryl/α,β-unsaturated/α-hetero) is 1. The topological polar surface area (TPSA) is 61.8 Å². The molecule has 1 aromatic rings. The van der Waals surface area contributed by atoms with Gasteiger partial charge in [0.15, 0.2) is 5.78 Å². The SMILES string of the molecule is COc1cc(CC(OC)OC(C)=O)ccc1C(C)=O. The van der Waals surface area contributed by atoms with E-state index in [1.807, 2.05) is 0 Å². The number of carbonyl (C=O) groups excluding carboxylic acids is 2. The first-order chi connectivity index (χ1) is 8.97. The van der Waals surface area contributed by atoms with E-state index in [-0.39, 0.29) is 5.78 Å². The second kappa shape index (κ2) is 6.89. The second-order valence-electron chi connectivity index (χ2n) is 4.07. The van der Waals surface area contributed by atoms with Crippen molar-refractivity contribution in [3.05, 3.63) is 29.3 Å². The lowest BCUT2D eigenvalue weighted by atomic mass is 10.1. The fraction of sp³-hybridized carbons (Fsp3) is 0.429. The third-order valence-electron chi connectivity index (χ3n) is 2.61. The van der Waals surface area contributed by atoms with Gasteiger partial charge in [-0.05, 0) is 24.6 Å². The Bertz CT molecular complexity index is 467. The van der Waals surface area contributed by atoms with Gasteiger partial charge in [-0.2, -0.15) is 0 Å². The number of rotatable bonds is 6. The molecule has 0 saturated carbocycles. The van der Waals surface area contributed by atoms with Crippen molar-refractivity contribution in [1.29, 1.82) is 0 Å². The lowest BCUT2D eigenvalue weighted by Gasteiger charge is -2.16. The Kier molecular flexibility index (Phi) is 5.51. The maximum atomic E-state index is 11.4. The molecule has 0 saturated heterocycles. The minimum atomic E-state index is -0.648. The number of benzene rings is 1. The molecule has 5 nitrogen and oxygen atoms in total. The minimum Gasteiger partial charge on any atom is -0.496 e. The summed E-state index contributed by atoms with van der Waals surface area (Å²) in [5.41, 5.74) is 1.38. The van der Waals surface area contributed by atoms with Gasteiger partial charge in [0, 0.05) is 20.5 Å². The van der Waals surface area contributed by atoms with E-state index in [4.69, 9.17) is 14.2 Å². The zero-order valence-electron chi connectivity index (χ0n) is 11.6. The van der Waals surface area contributed by atoms with Crippen molar-refractivity contribution in [3.8, 4) is 5.75 Å². The van der Waals surface area contributed by atoms with Crippen LogP contribution < -0.4 is 4.74 Å². The van der Waals surface area contributed by atoms with Crippen LogP contribution in [0.1, 0.15) is 29.8 Å². The Balaban J connectivity index is 2.90. The van der Waals surface area contributed by atoms with Crippen molar-refractivity contribution in [2.75, 3.05) is 14.2 Å². The molecule has 19 heavy (non-hydrogen) atoms. The first-order valence-corrected chi connectivity index (χ1v) is 5.85. The van der Waals surface area contributed by atoms with Crippen LogP contribution >= 0.6 is 0 Å². The molecule has 0 bridgehead atoms. The Morgan fingerprint density at radius 2 is 1.89 bits per heavy atom. The average Bonchev–Trinajstić information content (AvgIpc) is 2.36. The number of hydrogen-bond acceptors (Lipinski definition) is 5. The standard InChI is InChI=1S/C14H18O5/c1-9(15)12-6-5-11(7-13(12)17-3)8-14(18-4)19-10(2)16/h5-7,14H,8H2,1-4H3. The molecule has 1 rings (SSSR count). The Morgan fingerprint density at radius 1 is 1.21 bits per heavy atom. The molecule has 1 unspecified atom stereocenters. The van der Waals surface area contributed by atoms with Gasteiger partial charge in [-0.25, -0.2) is 0 Å². The number of ketones is 1. The first kappa shape index (κ1) is 15.2. The fourth-order valence-electron chi connectivity index (χ4n) is 1.70. The fourth-order valence-corrected chi connectivity index (χ4v) is 1.70. The molecule has 0 fully saturated rings. The molecular formula is C14H18O5. The Morgan fingerprint density at radius 3 is 2.37 bits per heavy atom. The molecule has 0 aromatic heterocycles. The van der Waals surface area contributed by atoms with E-state index in [0.29, 0.717) is 17.7 Å². The number of esters is 1. The summed E-state index contributed by atoms with van der Waals surface area (Å²) in [6.45, 7) is 2.81. The summed E-state index contributed by atoms with van der Waals surface area (Å²) in [6.07, 6.45) is -0.254. The number of methoxy groups -OCH3 is 2. The molecule has 0 amide bonds. The van der Waals surface area contributed by atoms with Gasteiger partial charge in [0.1, 0.15) is 5.75 Å². The van der Waals surface area contributed by atoms with Crippen LogP contribution in [0.5, 0.6) is 5.75 Å². The molecule has 0 aliphatic carbocycles. The van der Waals surface area contributed by atoms with Crippen molar-refractivity contribution >= 4 is 11.8 Å². The van der Waals surface area contributed by atoms with Crippen molar-refractivity contribution in [2.24, 2.45) is 0 Å². The van der Waals surface area contributed by atoms with Crippen molar-refractivity contribution in [2.45, 2.75) is 26.6 Å². The lowest BCUT2D eigenvalue weighted by molar-refractivity contribution is -0.170. The van der Waals surface area contributed by atoms with Crippen molar-refractivity contribution in [3.63, 3.8) is 0 Å². The van der Waals surface area contributed by atoms with Crippen LogP contribution in [0.25, 0.3) is 0 Å². The number of ether oxygens (including phenoxy) is 3. The maximum absolute atomic E-state index is 11.4. The molecule has 0 heterocycles. The van der Waals surface area contributed by atoms with Crippen LogP contribution in [0.15, 0.2) is 18.2 Å². The summed E-state index contributed by atoms with van der Waals surface area (Å²) in [5.74, 6) is 0.0357. The van der Waals surface area contributed by atoms with Crippen molar-refractivity contribution < 1.29 is 23.8 Å². The highest BCUT2D eigenvalue weighted by Crippen LogP contribution is 2.22. The van der Waals surface area contributed by atoms with Gasteiger partial charge in [-0.3, -0.25) is 9.59 Å². The normalized spacial score (nSPS) is 11.8. The largest absolute Gasteiger partial charge is 0.496 e. The highest BCUT2D eigenvalue weighted by Gasteiger charge is 2.14. The summed E-state index contributed by atoms with van der Waals surface area (Å²) in [5, 5.41) is 0. The third kappa shape index (κ3) is 4.37. The zero-order valence-corrected chi connectivity index (χ0v) is 11.6. The molecular weight excluding hydrogens is 248 g/mol. The summed E-state index contributed by atoms with van der Waals surface area (Å²) in [4.78, 5) is 22.3. The van der Waals surface area contributed by atoms with E-state index < -0.39 is 12.3 Å². The van der Waals surface area contributed by atoms with Gasteiger partial charge in [0.2, 0.25) is 6.29 Å². The summed E-state index contributed by atoms with van der Waals surface area (Å²) in [7, 11) is 2.97. The van der Waals surface area contributed by atoms with Crippen LogP contribution in [0, 0.1) is 0 Å². The molecule has 0 aliphatic rings. The first-order valence-electron chi connectivity index (χ1n) is 5.85. The van der Waals surface area contributed by atoms with Gasteiger partial charge in [0.05, 0.1) is 12.7 Å². The molecule has 0 radical (unpaired) electrons. The van der Waals surface area contributed by atoms with E-state index in [1.165, 1.54) is 28.1 Å². The second-order valence-corrected chi connectivity index (χ2v) is 4.07. The Hall–Kier alpha value is -1.88. The monoisotopic (exact) mass is 266 g/mol. The van der Waals surface area contributed by atoms with Crippen LogP contribution in [0.3, 0.4) is 0 Å². The van der Waals surface area contributed by atoms with E-state index in [0.717, 1.165) is 5.56 Å². The van der Waals surface area contributed by atoms with Gasteiger partial charge in [0.25, 0.3) is 0 Å². The van der Waals surface area contributed by atoms with E-state index in [2.05, 4.69) is 0 Å². The van der Waals surface area contributed by atoms with Gasteiger partial charge < -0.3 is 14.2 Å². The van der Waals surface area contributed by atoms with E-state index in [9.17, 15) is 9.59 Å². The van der Waals surface area contributed by atoms with Crippen LogP contribution in [-0.4, -0.2) is 32.3 Å². The van der Waals surface area contributed by atoms with Crippen LogP contribution in [0.4, 0.5) is 0 Å². The predicted octanol–water partition coefficient (Wildman–Crippen LogP) is 1.98. The summed E-state index contributed by atoms with van der Waals surface area (Å²) < 4.78 is 15.2. The molecule has 0 spiro atoms. The van der Waals surface area contributed by atoms with Gasteiger partial charge >= 0.3 is 5.97 Å². The predicted molar refractivity (Wildman–Crippen MR) is 69.3 cm³/mol. The molecule has 5 heteroatoms. The van der Waals surface area contributed by atoms with Gasteiger partial charge in [-0.1, -0.05) is 6.07 Å². The molecule has 1 aromatic carbocycles. The highest BCUT2D eigenvalue weighted by atomic mass is 16.7.